The number of amides is 1. The summed E-state index contributed by atoms with van der Waals surface area (Å²) in [4.78, 5) is 10.9. The van der Waals surface area contributed by atoms with Crippen LogP contribution in [0.15, 0.2) is 17.0 Å². The van der Waals surface area contributed by atoms with Crippen molar-refractivity contribution in [2.75, 3.05) is 6.54 Å². The average Bonchev–Trinajstić information content (AvgIpc) is 2.26. The van der Waals surface area contributed by atoms with Crippen molar-refractivity contribution in [1.82, 2.24) is 5.32 Å². The van der Waals surface area contributed by atoms with E-state index >= 15 is 0 Å². The first-order valence-electron chi connectivity index (χ1n) is 4.78. The lowest BCUT2D eigenvalue weighted by Gasteiger charge is -2.11. The number of halogens is 5. The second-order valence-electron chi connectivity index (χ2n) is 3.61. The summed E-state index contributed by atoms with van der Waals surface area (Å²) in [6.07, 6.45) is -4.62. The van der Waals surface area contributed by atoms with Crippen LogP contribution < -0.4 is 10.5 Å². The smallest absolute Gasteiger partial charge is 0.343 e. The molecule has 0 aromatic heterocycles. The Hall–Kier alpha value is -1.03. The number of benzene rings is 1. The molecule has 0 radical (unpaired) electrons. The van der Waals surface area contributed by atoms with Crippen molar-refractivity contribution in [3.63, 3.8) is 0 Å². The number of alkyl halides is 3. The first-order valence-corrected chi connectivity index (χ1v) is 7.09. The monoisotopic (exact) mass is 350 g/mol. The van der Waals surface area contributed by atoms with Crippen molar-refractivity contribution in [1.29, 1.82) is 0 Å². The van der Waals surface area contributed by atoms with Crippen LogP contribution in [0.1, 0.15) is 10.4 Å². The molecule has 0 bridgehead atoms. The van der Waals surface area contributed by atoms with Gasteiger partial charge in [-0.25, -0.2) is 13.6 Å². The molecule has 0 aliphatic carbocycles. The zero-order valence-electron chi connectivity index (χ0n) is 9.46. The minimum absolute atomic E-state index is 0.212. The molecule has 5 nitrogen and oxygen atoms in total. The van der Waals surface area contributed by atoms with Crippen molar-refractivity contribution in [3.05, 3.63) is 27.7 Å². The largest absolute Gasteiger partial charge is 0.405 e. The number of primary sulfonamides is 1. The molecule has 0 saturated carbocycles. The Labute approximate surface area is 121 Å². The molecule has 0 spiro atoms. The molecule has 1 aromatic rings. The van der Waals surface area contributed by atoms with Gasteiger partial charge in [0.05, 0.1) is 10.6 Å². The van der Waals surface area contributed by atoms with Gasteiger partial charge in [0.1, 0.15) is 11.4 Å². The molecule has 0 aliphatic heterocycles. The fourth-order valence-corrected chi connectivity index (χ4v) is 2.66. The van der Waals surface area contributed by atoms with E-state index in [-0.39, 0.29) is 5.02 Å². The molecule has 0 atom stereocenters. The van der Waals surface area contributed by atoms with Gasteiger partial charge in [0.2, 0.25) is 10.0 Å². The predicted molar refractivity (Wildman–Crippen MR) is 66.2 cm³/mol. The molecule has 11 heteroatoms. The van der Waals surface area contributed by atoms with Gasteiger partial charge >= 0.3 is 6.18 Å². The predicted octanol–water partition coefficient (Wildman–Crippen LogP) is 1.93. The summed E-state index contributed by atoms with van der Waals surface area (Å²) in [5.74, 6) is -1.22. The molecule has 0 saturated heterocycles. The lowest BCUT2D eigenvalue weighted by molar-refractivity contribution is -0.123. The van der Waals surface area contributed by atoms with E-state index in [1.165, 1.54) is 0 Å². The summed E-state index contributed by atoms with van der Waals surface area (Å²) in [6.45, 7) is -1.60. The van der Waals surface area contributed by atoms with Crippen LogP contribution in [-0.4, -0.2) is 27.0 Å². The first kappa shape index (κ1) is 17.0. The van der Waals surface area contributed by atoms with E-state index in [2.05, 4.69) is 0 Å². The first-order chi connectivity index (χ1) is 8.92. The third-order valence-electron chi connectivity index (χ3n) is 2.00. The quantitative estimate of drug-likeness (QED) is 0.872. The lowest BCUT2D eigenvalue weighted by atomic mass is 10.2. The van der Waals surface area contributed by atoms with Crippen molar-refractivity contribution in [2.45, 2.75) is 11.1 Å². The molecule has 1 rings (SSSR count). The molecule has 20 heavy (non-hydrogen) atoms. The number of nitrogens with two attached hydrogens (primary N) is 1. The van der Waals surface area contributed by atoms with Gasteiger partial charge < -0.3 is 5.32 Å². The fraction of sp³-hybridized carbons (Fsp3) is 0.222. The summed E-state index contributed by atoms with van der Waals surface area (Å²) in [5, 5.41) is 5.59. The molecular formula is C9H7Cl2F3N2O3S. The van der Waals surface area contributed by atoms with E-state index in [0.29, 0.717) is 0 Å². The van der Waals surface area contributed by atoms with Crippen LogP contribution in [-0.2, 0) is 10.0 Å². The normalized spacial score (nSPS) is 12.3. The Bertz CT molecular complexity index is 647. The highest BCUT2D eigenvalue weighted by molar-refractivity contribution is 7.89. The van der Waals surface area contributed by atoms with Gasteiger partial charge in [0.25, 0.3) is 5.91 Å². The average molecular weight is 351 g/mol. The molecule has 3 N–H and O–H groups in total. The van der Waals surface area contributed by atoms with Crippen LogP contribution in [0.2, 0.25) is 10.0 Å². The maximum Gasteiger partial charge on any atom is 0.405 e. The lowest BCUT2D eigenvalue weighted by Crippen LogP contribution is -2.34. The maximum atomic E-state index is 12.0. The molecule has 0 aliphatic rings. The van der Waals surface area contributed by atoms with Gasteiger partial charge in [-0.3, -0.25) is 4.79 Å². The van der Waals surface area contributed by atoms with E-state index in [9.17, 15) is 26.4 Å². The second kappa shape index (κ2) is 5.76. The number of rotatable bonds is 3. The number of hydrogen-bond donors (Lipinski definition) is 2. The molecule has 0 heterocycles. The molecule has 1 aromatic carbocycles. The molecule has 0 fully saturated rings. The van der Waals surface area contributed by atoms with Crippen LogP contribution >= 0.6 is 23.2 Å². The zero-order valence-corrected chi connectivity index (χ0v) is 11.8. The zero-order chi connectivity index (χ0) is 15.7. The SMILES string of the molecule is NS(=O)(=O)c1cc(Cl)cc(C(=O)NCC(F)(F)F)c1Cl. The van der Waals surface area contributed by atoms with E-state index in [1.807, 2.05) is 0 Å². The summed E-state index contributed by atoms with van der Waals surface area (Å²) in [7, 11) is -4.27. The van der Waals surface area contributed by atoms with Gasteiger partial charge in [0.15, 0.2) is 0 Å². The summed E-state index contributed by atoms with van der Waals surface area (Å²) < 4.78 is 58.4. The second-order valence-corrected chi connectivity index (χ2v) is 5.95. The Morgan fingerprint density at radius 2 is 1.85 bits per heavy atom. The number of carbonyl (C=O) groups is 1. The summed E-state index contributed by atoms with van der Waals surface area (Å²) >= 11 is 11.2. The van der Waals surface area contributed by atoms with Crippen molar-refractivity contribution >= 4 is 39.1 Å². The third kappa shape index (κ3) is 4.51. The van der Waals surface area contributed by atoms with Crippen LogP contribution in [0.3, 0.4) is 0 Å². The van der Waals surface area contributed by atoms with Gasteiger partial charge in [0, 0.05) is 5.02 Å². The van der Waals surface area contributed by atoms with Gasteiger partial charge in [-0.05, 0) is 12.1 Å². The van der Waals surface area contributed by atoms with E-state index in [0.717, 1.165) is 12.1 Å². The standard InChI is InChI=1S/C9H7Cl2F3N2O3S/c10-4-1-5(8(17)16-3-9(12,13)14)7(11)6(2-4)20(15,18)19/h1-2H,3H2,(H,16,17)(H2,15,18,19). The Morgan fingerprint density at radius 1 is 1.30 bits per heavy atom. The van der Waals surface area contributed by atoms with Gasteiger partial charge in [-0.15, -0.1) is 0 Å². The van der Waals surface area contributed by atoms with E-state index in [4.69, 9.17) is 28.3 Å². The Morgan fingerprint density at radius 3 is 2.30 bits per heavy atom. The number of sulfonamides is 1. The van der Waals surface area contributed by atoms with E-state index in [1.54, 1.807) is 5.32 Å². The fourth-order valence-electron chi connectivity index (χ4n) is 1.21. The highest BCUT2D eigenvalue weighted by Crippen LogP contribution is 2.28. The highest BCUT2D eigenvalue weighted by Gasteiger charge is 2.29. The maximum absolute atomic E-state index is 12.0. The molecular weight excluding hydrogens is 344 g/mol. The van der Waals surface area contributed by atoms with Gasteiger partial charge in [-0.2, -0.15) is 13.2 Å². The van der Waals surface area contributed by atoms with E-state index < -0.39 is 44.1 Å². The van der Waals surface area contributed by atoms with Crippen LogP contribution in [0.25, 0.3) is 0 Å². The molecule has 112 valence electrons. The topological polar surface area (TPSA) is 89.3 Å². The number of nitrogens with one attached hydrogen (secondary N) is 1. The van der Waals surface area contributed by atoms with Crippen LogP contribution in [0.4, 0.5) is 13.2 Å². The molecule has 0 unspecified atom stereocenters. The van der Waals surface area contributed by atoms with Crippen molar-refractivity contribution < 1.29 is 26.4 Å². The minimum atomic E-state index is -4.62. The summed E-state index contributed by atoms with van der Waals surface area (Å²) in [5.41, 5.74) is -0.521. The Kier molecular flexibility index (Phi) is 4.90. The van der Waals surface area contributed by atoms with Crippen LogP contribution in [0, 0.1) is 0 Å². The molecule has 1 amide bonds. The number of carbonyl (C=O) groups excluding carboxylic acids is 1. The minimum Gasteiger partial charge on any atom is -0.343 e. The number of hydrogen-bond acceptors (Lipinski definition) is 3. The van der Waals surface area contributed by atoms with Crippen LogP contribution in [0.5, 0.6) is 0 Å². The van der Waals surface area contributed by atoms with Crippen molar-refractivity contribution in [2.24, 2.45) is 5.14 Å². The highest BCUT2D eigenvalue weighted by atomic mass is 35.5. The van der Waals surface area contributed by atoms with Crippen molar-refractivity contribution in [3.8, 4) is 0 Å². The summed E-state index contributed by atoms with van der Waals surface area (Å²) in [6, 6.07) is 1.82. The third-order valence-corrected chi connectivity index (χ3v) is 3.68. The Balaban J connectivity index is 3.20. The van der Waals surface area contributed by atoms with Gasteiger partial charge in [-0.1, -0.05) is 23.2 Å².